The molecule has 5 heteroatoms. The molecular formula is C10H13AgO3S. The maximum Gasteiger partial charge on any atom is 1.00 e. The van der Waals surface area contributed by atoms with E-state index >= 15 is 0 Å². The summed E-state index contributed by atoms with van der Waals surface area (Å²) in [4.78, 5) is -0.0602. The van der Waals surface area contributed by atoms with Crippen LogP contribution in [0.25, 0.3) is 0 Å². The van der Waals surface area contributed by atoms with Crippen molar-refractivity contribution in [3.8, 4) is 0 Å². The molecule has 0 N–H and O–H groups in total. The van der Waals surface area contributed by atoms with Gasteiger partial charge in [-0.2, -0.15) is 0 Å². The molecule has 0 aromatic heterocycles. The standard InChI is InChI=1S/C10H14O3S.Ag/c1-6-5-7(2)9(4)10(8(6)3)14(11,12)13;/h5H,1-4H3,(H,11,12,13);/q;+1/p-1. The summed E-state index contributed by atoms with van der Waals surface area (Å²) in [5.41, 5.74) is 2.79. The first kappa shape index (κ1) is 14.9. The Bertz CT molecular complexity index is 452. The number of rotatable bonds is 1. The van der Waals surface area contributed by atoms with Gasteiger partial charge >= 0.3 is 22.4 Å². The molecule has 0 atom stereocenters. The normalized spacial score (nSPS) is 11.0. The molecule has 0 aliphatic carbocycles. The van der Waals surface area contributed by atoms with Crippen molar-refractivity contribution in [2.24, 2.45) is 0 Å². The molecule has 0 aliphatic rings. The van der Waals surface area contributed by atoms with Gasteiger partial charge in [0.15, 0.2) is 0 Å². The van der Waals surface area contributed by atoms with Gasteiger partial charge < -0.3 is 4.55 Å². The van der Waals surface area contributed by atoms with Gasteiger partial charge in [0, 0.05) is 0 Å². The molecule has 0 saturated carbocycles. The smallest absolute Gasteiger partial charge is 0.744 e. The Hall–Kier alpha value is -0.130. The fourth-order valence-electron chi connectivity index (χ4n) is 1.56. The van der Waals surface area contributed by atoms with E-state index in [2.05, 4.69) is 0 Å². The van der Waals surface area contributed by atoms with Gasteiger partial charge in [-0.15, -0.1) is 0 Å². The van der Waals surface area contributed by atoms with Crippen LogP contribution in [0.5, 0.6) is 0 Å². The van der Waals surface area contributed by atoms with Crippen LogP contribution in [0.4, 0.5) is 0 Å². The maximum absolute atomic E-state index is 11.0. The zero-order valence-corrected chi connectivity index (χ0v) is 11.3. The van der Waals surface area contributed by atoms with E-state index < -0.39 is 10.1 Å². The van der Waals surface area contributed by atoms with Crippen molar-refractivity contribution in [3.05, 3.63) is 28.3 Å². The van der Waals surface area contributed by atoms with E-state index in [4.69, 9.17) is 0 Å². The Morgan fingerprint density at radius 2 is 1.33 bits per heavy atom. The largest absolute Gasteiger partial charge is 1.00 e. The second kappa shape index (κ2) is 4.80. The monoisotopic (exact) mass is 320 g/mol. The molecule has 88 valence electrons. The predicted octanol–water partition coefficient (Wildman–Crippen LogP) is 1.82. The van der Waals surface area contributed by atoms with Gasteiger partial charge in [-0.1, -0.05) is 6.07 Å². The van der Waals surface area contributed by atoms with E-state index in [1.807, 2.05) is 6.07 Å². The van der Waals surface area contributed by atoms with Crippen molar-refractivity contribution in [2.45, 2.75) is 32.6 Å². The summed E-state index contributed by atoms with van der Waals surface area (Å²) in [7, 11) is -4.36. The van der Waals surface area contributed by atoms with Crippen LogP contribution in [-0.4, -0.2) is 13.0 Å². The van der Waals surface area contributed by atoms with Gasteiger partial charge in [0.05, 0.1) is 4.90 Å². The summed E-state index contributed by atoms with van der Waals surface area (Å²) in [6.45, 7) is 6.92. The maximum atomic E-state index is 11.0. The Kier molecular flexibility index (Phi) is 4.76. The first-order valence-electron chi connectivity index (χ1n) is 4.28. The van der Waals surface area contributed by atoms with E-state index in [0.29, 0.717) is 11.1 Å². The molecule has 0 saturated heterocycles. The van der Waals surface area contributed by atoms with Crippen LogP contribution in [0.3, 0.4) is 0 Å². The van der Waals surface area contributed by atoms with Gasteiger partial charge in [-0.25, -0.2) is 8.42 Å². The molecule has 0 radical (unpaired) electrons. The summed E-state index contributed by atoms with van der Waals surface area (Å²) in [6, 6.07) is 1.89. The van der Waals surface area contributed by atoms with E-state index in [1.54, 1.807) is 27.7 Å². The van der Waals surface area contributed by atoms with Crippen LogP contribution in [0.15, 0.2) is 11.0 Å². The van der Waals surface area contributed by atoms with Crippen molar-refractivity contribution in [1.29, 1.82) is 0 Å². The first-order valence-corrected chi connectivity index (χ1v) is 5.69. The average Bonchev–Trinajstić information content (AvgIpc) is 1.98. The zero-order chi connectivity index (χ0) is 11.1. The third-order valence-electron chi connectivity index (χ3n) is 2.55. The van der Waals surface area contributed by atoms with Crippen LogP contribution in [0.1, 0.15) is 22.3 Å². The summed E-state index contributed by atoms with van der Waals surface area (Å²) in [5.74, 6) is 0. The van der Waals surface area contributed by atoms with Crippen molar-refractivity contribution < 1.29 is 35.4 Å². The summed E-state index contributed by atoms with van der Waals surface area (Å²) >= 11 is 0. The minimum absolute atomic E-state index is 0. The molecule has 0 amide bonds. The average molecular weight is 321 g/mol. The molecule has 0 fully saturated rings. The van der Waals surface area contributed by atoms with Crippen molar-refractivity contribution in [2.75, 3.05) is 0 Å². The fourth-order valence-corrected chi connectivity index (χ4v) is 2.63. The molecule has 0 heterocycles. The van der Waals surface area contributed by atoms with Crippen molar-refractivity contribution in [3.63, 3.8) is 0 Å². The van der Waals surface area contributed by atoms with Crippen LogP contribution >= 0.6 is 0 Å². The summed E-state index contributed by atoms with van der Waals surface area (Å²) in [5, 5.41) is 0. The van der Waals surface area contributed by atoms with Crippen LogP contribution in [-0.2, 0) is 32.5 Å². The van der Waals surface area contributed by atoms with Gasteiger partial charge in [0.2, 0.25) is 0 Å². The minimum atomic E-state index is -4.36. The Balaban J connectivity index is 0.00000196. The summed E-state index contributed by atoms with van der Waals surface area (Å²) in [6.07, 6.45) is 0. The number of aryl methyl sites for hydroxylation is 2. The van der Waals surface area contributed by atoms with Crippen molar-refractivity contribution in [1.82, 2.24) is 0 Å². The zero-order valence-electron chi connectivity index (χ0n) is 9.01. The molecule has 1 aromatic rings. The minimum Gasteiger partial charge on any atom is -0.744 e. The first-order chi connectivity index (χ1) is 6.25. The second-order valence-corrected chi connectivity index (χ2v) is 4.86. The molecule has 0 spiro atoms. The topological polar surface area (TPSA) is 57.2 Å². The van der Waals surface area contributed by atoms with Gasteiger partial charge in [0.25, 0.3) is 0 Å². The summed E-state index contributed by atoms with van der Waals surface area (Å²) < 4.78 is 33.1. The van der Waals surface area contributed by atoms with E-state index in [-0.39, 0.29) is 27.3 Å². The molecule has 15 heavy (non-hydrogen) atoms. The third kappa shape index (κ3) is 2.92. The molecule has 0 bridgehead atoms. The quantitative estimate of drug-likeness (QED) is 0.586. The molecule has 0 aliphatic heterocycles. The fraction of sp³-hybridized carbons (Fsp3) is 0.400. The SMILES string of the molecule is Cc1cc(C)c(C)c(S(=O)(=O)[O-])c1C.[Ag+]. The Labute approximate surface area is 106 Å². The Morgan fingerprint density at radius 3 is 1.60 bits per heavy atom. The van der Waals surface area contributed by atoms with Gasteiger partial charge in [-0.3, -0.25) is 0 Å². The molecular weight excluding hydrogens is 308 g/mol. The van der Waals surface area contributed by atoms with Crippen LogP contribution in [0, 0.1) is 27.7 Å². The molecule has 0 unspecified atom stereocenters. The number of hydrogen-bond donors (Lipinski definition) is 0. The van der Waals surface area contributed by atoms with Gasteiger partial charge in [-0.05, 0) is 49.9 Å². The van der Waals surface area contributed by atoms with Crippen LogP contribution in [0.2, 0.25) is 0 Å². The van der Waals surface area contributed by atoms with Gasteiger partial charge in [0.1, 0.15) is 10.1 Å². The molecule has 3 nitrogen and oxygen atoms in total. The molecule has 1 aromatic carbocycles. The van der Waals surface area contributed by atoms with E-state index in [0.717, 1.165) is 11.1 Å². The van der Waals surface area contributed by atoms with Crippen molar-refractivity contribution >= 4 is 10.1 Å². The number of hydrogen-bond acceptors (Lipinski definition) is 3. The number of benzene rings is 1. The molecule has 1 rings (SSSR count). The van der Waals surface area contributed by atoms with E-state index in [9.17, 15) is 13.0 Å². The Morgan fingerprint density at radius 1 is 1.00 bits per heavy atom. The van der Waals surface area contributed by atoms with E-state index in [1.165, 1.54) is 0 Å². The predicted molar refractivity (Wildman–Crippen MR) is 53.4 cm³/mol. The second-order valence-electron chi connectivity index (χ2n) is 3.54. The third-order valence-corrected chi connectivity index (χ3v) is 3.66. The van der Waals surface area contributed by atoms with Crippen LogP contribution < -0.4 is 0 Å².